The van der Waals surface area contributed by atoms with Gasteiger partial charge in [0.1, 0.15) is 0 Å². The van der Waals surface area contributed by atoms with Gasteiger partial charge >= 0.3 is 5.97 Å². The fraction of sp³-hybridized carbons (Fsp3) is 0.750. The van der Waals surface area contributed by atoms with Crippen molar-refractivity contribution in [3.63, 3.8) is 0 Å². The van der Waals surface area contributed by atoms with Crippen LogP contribution < -0.4 is 0 Å². The lowest BCUT2D eigenvalue weighted by atomic mass is 9.96. The zero-order valence-electron chi connectivity index (χ0n) is 9.80. The van der Waals surface area contributed by atoms with E-state index >= 15 is 0 Å². The minimum absolute atomic E-state index is 0.171. The van der Waals surface area contributed by atoms with Gasteiger partial charge in [-0.05, 0) is 18.8 Å². The SMILES string of the molecule is CCC=C(CC(C)CCC)C(=O)OC. The predicted molar refractivity (Wildman–Crippen MR) is 59.1 cm³/mol. The first kappa shape index (κ1) is 13.2. The van der Waals surface area contributed by atoms with Crippen molar-refractivity contribution >= 4 is 5.97 Å². The molecule has 0 spiro atoms. The quantitative estimate of drug-likeness (QED) is 0.483. The molecule has 0 radical (unpaired) electrons. The monoisotopic (exact) mass is 198 g/mol. The Balaban J connectivity index is 4.23. The molecule has 0 aromatic rings. The van der Waals surface area contributed by atoms with E-state index in [4.69, 9.17) is 4.74 Å². The number of hydrogen-bond acceptors (Lipinski definition) is 2. The molecule has 0 amide bonds. The van der Waals surface area contributed by atoms with E-state index in [0.717, 1.165) is 24.8 Å². The van der Waals surface area contributed by atoms with Crippen molar-refractivity contribution in [2.24, 2.45) is 5.92 Å². The van der Waals surface area contributed by atoms with E-state index in [-0.39, 0.29) is 5.97 Å². The lowest BCUT2D eigenvalue weighted by Gasteiger charge is -2.11. The number of carbonyl (C=O) groups is 1. The van der Waals surface area contributed by atoms with Crippen LogP contribution in [0.2, 0.25) is 0 Å². The Morgan fingerprint density at radius 2 is 2.07 bits per heavy atom. The second-order valence-corrected chi connectivity index (χ2v) is 3.73. The summed E-state index contributed by atoms with van der Waals surface area (Å²) in [7, 11) is 1.44. The van der Waals surface area contributed by atoms with Crippen LogP contribution in [0.4, 0.5) is 0 Å². The van der Waals surface area contributed by atoms with Gasteiger partial charge in [-0.1, -0.05) is 39.7 Å². The Kier molecular flexibility index (Phi) is 7.17. The van der Waals surface area contributed by atoms with Gasteiger partial charge in [-0.25, -0.2) is 4.79 Å². The van der Waals surface area contributed by atoms with E-state index in [1.54, 1.807) is 0 Å². The van der Waals surface area contributed by atoms with Crippen molar-refractivity contribution in [2.45, 2.75) is 46.5 Å². The number of rotatable bonds is 6. The van der Waals surface area contributed by atoms with Crippen LogP contribution in [0, 0.1) is 5.92 Å². The van der Waals surface area contributed by atoms with E-state index in [1.165, 1.54) is 13.5 Å². The summed E-state index contributed by atoms with van der Waals surface area (Å²) in [5, 5.41) is 0. The first-order valence-electron chi connectivity index (χ1n) is 5.43. The van der Waals surface area contributed by atoms with Gasteiger partial charge in [-0.15, -0.1) is 0 Å². The average Bonchev–Trinajstić information content (AvgIpc) is 2.16. The number of ether oxygens (including phenoxy) is 1. The van der Waals surface area contributed by atoms with Crippen molar-refractivity contribution in [1.29, 1.82) is 0 Å². The molecule has 0 aromatic heterocycles. The van der Waals surface area contributed by atoms with Crippen LogP contribution in [0.15, 0.2) is 11.6 Å². The maximum Gasteiger partial charge on any atom is 0.333 e. The molecule has 0 N–H and O–H groups in total. The van der Waals surface area contributed by atoms with E-state index in [0.29, 0.717) is 5.92 Å². The maximum atomic E-state index is 11.4. The number of carbonyl (C=O) groups excluding carboxylic acids is 1. The molecule has 2 heteroatoms. The molecule has 0 saturated heterocycles. The third kappa shape index (κ3) is 5.05. The summed E-state index contributed by atoms with van der Waals surface area (Å²) in [6.45, 7) is 6.38. The highest BCUT2D eigenvalue weighted by Gasteiger charge is 2.12. The summed E-state index contributed by atoms with van der Waals surface area (Å²) in [5.74, 6) is 0.395. The summed E-state index contributed by atoms with van der Waals surface area (Å²) < 4.78 is 4.74. The molecule has 0 bridgehead atoms. The van der Waals surface area contributed by atoms with Gasteiger partial charge in [0.15, 0.2) is 0 Å². The predicted octanol–water partition coefficient (Wildman–Crippen LogP) is 3.32. The summed E-state index contributed by atoms with van der Waals surface area (Å²) in [6.07, 6.45) is 6.04. The molecule has 0 aliphatic heterocycles. The molecule has 0 heterocycles. The second kappa shape index (κ2) is 7.60. The Labute approximate surface area is 87.3 Å². The first-order chi connectivity index (χ1) is 6.65. The van der Waals surface area contributed by atoms with E-state index in [1.807, 2.05) is 13.0 Å². The molecule has 0 aromatic carbocycles. The average molecular weight is 198 g/mol. The highest BCUT2D eigenvalue weighted by atomic mass is 16.5. The molecule has 1 atom stereocenters. The van der Waals surface area contributed by atoms with Gasteiger partial charge in [-0.3, -0.25) is 0 Å². The summed E-state index contributed by atoms with van der Waals surface area (Å²) in [5.41, 5.74) is 0.830. The molecular formula is C12H22O2. The Hall–Kier alpha value is -0.790. The lowest BCUT2D eigenvalue weighted by Crippen LogP contribution is -2.08. The molecule has 0 saturated carbocycles. The molecule has 0 aliphatic carbocycles. The second-order valence-electron chi connectivity index (χ2n) is 3.73. The van der Waals surface area contributed by atoms with Crippen LogP contribution in [0.5, 0.6) is 0 Å². The first-order valence-corrected chi connectivity index (χ1v) is 5.43. The zero-order chi connectivity index (χ0) is 11.0. The lowest BCUT2D eigenvalue weighted by molar-refractivity contribution is -0.136. The summed E-state index contributed by atoms with van der Waals surface area (Å²) in [6, 6.07) is 0. The third-order valence-corrected chi connectivity index (χ3v) is 2.25. The van der Waals surface area contributed by atoms with E-state index in [2.05, 4.69) is 13.8 Å². The minimum atomic E-state index is -0.171. The highest BCUT2D eigenvalue weighted by molar-refractivity contribution is 5.88. The third-order valence-electron chi connectivity index (χ3n) is 2.25. The number of hydrogen-bond donors (Lipinski definition) is 0. The van der Waals surface area contributed by atoms with Crippen LogP contribution in [-0.4, -0.2) is 13.1 Å². The standard InChI is InChI=1S/C12H22O2/c1-5-7-10(3)9-11(8-6-2)12(13)14-4/h8,10H,5-7,9H2,1-4H3. The van der Waals surface area contributed by atoms with Gasteiger partial charge in [0.25, 0.3) is 0 Å². The van der Waals surface area contributed by atoms with Crippen LogP contribution >= 0.6 is 0 Å². The zero-order valence-corrected chi connectivity index (χ0v) is 9.80. The van der Waals surface area contributed by atoms with Gasteiger partial charge in [0.05, 0.1) is 7.11 Å². The topological polar surface area (TPSA) is 26.3 Å². The molecule has 2 nitrogen and oxygen atoms in total. The summed E-state index contributed by atoms with van der Waals surface area (Å²) >= 11 is 0. The molecule has 0 aliphatic rings. The molecule has 0 fully saturated rings. The van der Waals surface area contributed by atoms with Crippen LogP contribution in [0.1, 0.15) is 46.5 Å². The Bertz CT molecular complexity index is 194. The van der Waals surface area contributed by atoms with E-state index < -0.39 is 0 Å². The molecule has 1 unspecified atom stereocenters. The molecule has 14 heavy (non-hydrogen) atoms. The van der Waals surface area contributed by atoms with Crippen molar-refractivity contribution < 1.29 is 9.53 Å². The van der Waals surface area contributed by atoms with Crippen molar-refractivity contribution in [3.05, 3.63) is 11.6 Å². The molecular weight excluding hydrogens is 176 g/mol. The molecule has 0 rings (SSSR count). The Morgan fingerprint density at radius 1 is 1.43 bits per heavy atom. The number of methoxy groups -OCH3 is 1. The summed E-state index contributed by atoms with van der Waals surface area (Å²) in [4.78, 5) is 11.4. The molecule has 82 valence electrons. The van der Waals surface area contributed by atoms with Crippen molar-refractivity contribution in [3.8, 4) is 0 Å². The van der Waals surface area contributed by atoms with Crippen molar-refractivity contribution in [2.75, 3.05) is 7.11 Å². The number of esters is 1. The normalized spacial score (nSPS) is 13.9. The van der Waals surface area contributed by atoms with Crippen LogP contribution in [0.25, 0.3) is 0 Å². The van der Waals surface area contributed by atoms with Crippen molar-refractivity contribution in [1.82, 2.24) is 0 Å². The van der Waals surface area contributed by atoms with Gasteiger partial charge in [-0.2, -0.15) is 0 Å². The largest absolute Gasteiger partial charge is 0.466 e. The smallest absolute Gasteiger partial charge is 0.333 e. The maximum absolute atomic E-state index is 11.4. The van der Waals surface area contributed by atoms with Gasteiger partial charge in [0, 0.05) is 5.57 Å². The Morgan fingerprint density at radius 3 is 2.50 bits per heavy atom. The fourth-order valence-electron chi connectivity index (χ4n) is 1.60. The fourth-order valence-corrected chi connectivity index (χ4v) is 1.60. The number of allylic oxidation sites excluding steroid dienone is 1. The van der Waals surface area contributed by atoms with Crippen LogP contribution in [0.3, 0.4) is 0 Å². The highest BCUT2D eigenvalue weighted by Crippen LogP contribution is 2.17. The van der Waals surface area contributed by atoms with Gasteiger partial charge < -0.3 is 4.74 Å². The van der Waals surface area contributed by atoms with Crippen LogP contribution in [-0.2, 0) is 9.53 Å². The van der Waals surface area contributed by atoms with Gasteiger partial charge in [0.2, 0.25) is 0 Å². The van der Waals surface area contributed by atoms with E-state index in [9.17, 15) is 4.79 Å². The minimum Gasteiger partial charge on any atom is -0.466 e.